The minimum Gasteiger partial charge on any atom is -0.368 e. The highest BCUT2D eigenvalue weighted by Crippen LogP contribution is 2.21. The minimum atomic E-state index is -0.997. The van der Waals surface area contributed by atoms with E-state index in [9.17, 15) is 13.6 Å². The van der Waals surface area contributed by atoms with Crippen LogP contribution in [0.25, 0.3) is 0 Å². The molecule has 0 atom stereocenters. The highest BCUT2D eigenvalue weighted by atomic mass is 79.9. The van der Waals surface area contributed by atoms with Crippen molar-refractivity contribution in [3.8, 4) is 0 Å². The second kappa shape index (κ2) is 6.66. The Hall–Kier alpha value is -1.95. The van der Waals surface area contributed by atoms with Gasteiger partial charge in [-0.25, -0.2) is 8.78 Å². The van der Waals surface area contributed by atoms with Crippen molar-refractivity contribution in [2.24, 2.45) is 0 Å². The van der Waals surface area contributed by atoms with Gasteiger partial charge in [-0.1, -0.05) is 22.0 Å². The summed E-state index contributed by atoms with van der Waals surface area (Å²) in [5.41, 5.74) is 1.28. The van der Waals surface area contributed by atoms with E-state index in [1.165, 1.54) is 6.07 Å². The Kier molecular flexibility index (Phi) is 4.61. The Labute approximate surface area is 141 Å². The summed E-state index contributed by atoms with van der Waals surface area (Å²) in [7, 11) is 0. The fourth-order valence-corrected chi connectivity index (χ4v) is 3.04. The Morgan fingerprint density at radius 1 is 0.957 bits per heavy atom. The van der Waals surface area contributed by atoms with E-state index in [2.05, 4.69) is 20.8 Å². The second-order valence-electron chi connectivity index (χ2n) is 5.39. The first kappa shape index (κ1) is 15.9. The zero-order valence-electron chi connectivity index (χ0n) is 12.3. The molecule has 1 saturated heterocycles. The number of carbonyl (C=O) groups is 1. The summed E-state index contributed by atoms with van der Waals surface area (Å²) in [6, 6.07) is 11.3. The zero-order chi connectivity index (χ0) is 16.4. The molecule has 0 aliphatic carbocycles. The highest BCUT2D eigenvalue weighted by Gasteiger charge is 2.23. The molecular formula is C17H15BrF2N2O. The molecule has 0 bridgehead atoms. The first-order valence-corrected chi connectivity index (χ1v) is 8.09. The molecule has 2 aromatic rings. The molecule has 6 heteroatoms. The van der Waals surface area contributed by atoms with Gasteiger partial charge >= 0.3 is 0 Å². The molecule has 0 N–H and O–H groups in total. The fraction of sp³-hybridized carbons (Fsp3) is 0.235. The number of benzene rings is 2. The average molecular weight is 381 g/mol. The van der Waals surface area contributed by atoms with Gasteiger partial charge in [0.15, 0.2) is 11.6 Å². The lowest BCUT2D eigenvalue weighted by Crippen LogP contribution is -2.48. The Balaban J connectivity index is 1.66. The minimum absolute atomic E-state index is 0.180. The topological polar surface area (TPSA) is 23.6 Å². The van der Waals surface area contributed by atoms with Crippen LogP contribution in [0.3, 0.4) is 0 Å². The third-order valence-corrected chi connectivity index (χ3v) is 4.40. The largest absolute Gasteiger partial charge is 0.368 e. The summed E-state index contributed by atoms with van der Waals surface area (Å²) in [6.07, 6.45) is 0. The van der Waals surface area contributed by atoms with Gasteiger partial charge in [-0.05, 0) is 36.4 Å². The molecule has 1 amide bonds. The van der Waals surface area contributed by atoms with Gasteiger partial charge in [0.2, 0.25) is 0 Å². The van der Waals surface area contributed by atoms with Crippen LogP contribution in [0.4, 0.5) is 14.5 Å². The Morgan fingerprint density at radius 3 is 2.35 bits per heavy atom. The third kappa shape index (κ3) is 3.52. The quantitative estimate of drug-likeness (QED) is 0.792. The molecule has 3 rings (SSSR count). The van der Waals surface area contributed by atoms with Crippen LogP contribution in [0, 0.1) is 11.6 Å². The predicted molar refractivity (Wildman–Crippen MR) is 88.6 cm³/mol. The van der Waals surface area contributed by atoms with E-state index >= 15 is 0 Å². The maximum atomic E-state index is 13.3. The van der Waals surface area contributed by atoms with Crippen LogP contribution >= 0.6 is 15.9 Å². The van der Waals surface area contributed by atoms with E-state index < -0.39 is 11.6 Å². The van der Waals surface area contributed by atoms with Crippen molar-refractivity contribution in [1.29, 1.82) is 0 Å². The number of hydrogen-bond donors (Lipinski definition) is 0. The van der Waals surface area contributed by atoms with Crippen molar-refractivity contribution in [1.82, 2.24) is 4.90 Å². The van der Waals surface area contributed by atoms with Gasteiger partial charge in [-0.3, -0.25) is 4.79 Å². The molecule has 0 radical (unpaired) electrons. The summed E-state index contributed by atoms with van der Waals surface area (Å²) in [4.78, 5) is 16.2. The van der Waals surface area contributed by atoms with Gasteiger partial charge in [-0.2, -0.15) is 0 Å². The van der Waals surface area contributed by atoms with Crippen molar-refractivity contribution in [3.05, 3.63) is 64.1 Å². The Bertz CT molecular complexity index is 730. The number of rotatable bonds is 2. The summed E-state index contributed by atoms with van der Waals surface area (Å²) < 4.78 is 27.2. The maximum Gasteiger partial charge on any atom is 0.254 e. The highest BCUT2D eigenvalue weighted by molar-refractivity contribution is 9.10. The van der Waals surface area contributed by atoms with Crippen LogP contribution in [0.2, 0.25) is 0 Å². The van der Waals surface area contributed by atoms with E-state index in [-0.39, 0.29) is 11.5 Å². The lowest BCUT2D eigenvalue weighted by Gasteiger charge is -2.36. The van der Waals surface area contributed by atoms with Gasteiger partial charge in [-0.15, -0.1) is 0 Å². The number of carbonyl (C=O) groups excluding carboxylic acids is 1. The molecule has 1 aliphatic rings. The molecule has 120 valence electrons. The number of amides is 1. The van der Waals surface area contributed by atoms with Crippen LogP contribution in [0.15, 0.2) is 46.9 Å². The molecule has 0 saturated carbocycles. The first-order chi connectivity index (χ1) is 11.0. The second-order valence-corrected chi connectivity index (χ2v) is 6.30. The van der Waals surface area contributed by atoms with Crippen molar-refractivity contribution in [2.75, 3.05) is 31.1 Å². The number of hydrogen-bond acceptors (Lipinski definition) is 2. The van der Waals surface area contributed by atoms with Crippen molar-refractivity contribution >= 4 is 27.5 Å². The lowest BCUT2D eigenvalue weighted by atomic mass is 10.1. The average Bonchev–Trinajstić information content (AvgIpc) is 2.57. The first-order valence-electron chi connectivity index (χ1n) is 7.29. The summed E-state index contributed by atoms with van der Waals surface area (Å²) >= 11 is 3.45. The lowest BCUT2D eigenvalue weighted by molar-refractivity contribution is 0.0746. The van der Waals surface area contributed by atoms with Crippen molar-refractivity contribution in [2.45, 2.75) is 0 Å². The van der Waals surface area contributed by atoms with Gasteiger partial charge in [0.1, 0.15) is 0 Å². The summed E-state index contributed by atoms with van der Waals surface area (Å²) in [5, 5.41) is 0. The molecule has 1 fully saturated rings. The molecule has 3 nitrogen and oxygen atoms in total. The molecule has 1 aliphatic heterocycles. The van der Waals surface area contributed by atoms with Gasteiger partial charge in [0.05, 0.1) is 0 Å². The summed E-state index contributed by atoms with van der Waals surface area (Å²) in [5.74, 6) is -2.21. The standard InChI is InChI=1S/C17H15BrF2N2O/c18-13-2-1-3-14(11-13)21-6-8-22(9-7-21)17(23)12-4-5-15(19)16(20)10-12/h1-5,10-11H,6-9H2. The number of nitrogens with zero attached hydrogens (tertiary/aromatic N) is 2. The maximum absolute atomic E-state index is 13.3. The number of halogens is 3. The van der Waals surface area contributed by atoms with Gasteiger partial charge in [0.25, 0.3) is 5.91 Å². The SMILES string of the molecule is O=C(c1ccc(F)c(F)c1)N1CCN(c2cccc(Br)c2)CC1. The molecule has 0 spiro atoms. The fourth-order valence-electron chi connectivity index (χ4n) is 2.65. The molecule has 23 heavy (non-hydrogen) atoms. The molecule has 0 unspecified atom stereocenters. The van der Waals surface area contributed by atoms with Crippen molar-refractivity contribution in [3.63, 3.8) is 0 Å². The van der Waals surface area contributed by atoms with Crippen LogP contribution in [0.5, 0.6) is 0 Å². The molecule has 0 aromatic heterocycles. The zero-order valence-corrected chi connectivity index (χ0v) is 13.9. The van der Waals surface area contributed by atoms with Gasteiger partial charge in [0, 0.05) is 41.9 Å². The van der Waals surface area contributed by atoms with E-state index in [0.29, 0.717) is 26.2 Å². The number of anilines is 1. The predicted octanol–water partition coefficient (Wildman–Crippen LogP) is 3.69. The van der Waals surface area contributed by atoms with Gasteiger partial charge < -0.3 is 9.80 Å². The molecular weight excluding hydrogens is 366 g/mol. The summed E-state index contributed by atoms with van der Waals surface area (Å²) in [6.45, 7) is 2.49. The molecule has 2 aromatic carbocycles. The normalized spacial score (nSPS) is 14.9. The van der Waals surface area contributed by atoms with Crippen molar-refractivity contribution < 1.29 is 13.6 Å². The third-order valence-electron chi connectivity index (χ3n) is 3.91. The van der Waals surface area contributed by atoms with Crippen LogP contribution in [0.1, 0.15) is 10.4 Å². The van der Waals surface area contributed by atoms with Crippen LogP contribution in [-0.2, 0) is 0 Å². The van der Waals surface area contributed by atoms with E-state index in [1.807, 2.05) is 24.3 Å². The molecule has 1 heterocycles. The monoisotopic (exact) mass is 380 g/mol. The Morgan fingerprint density at radius 2 is 1.70 bits per heavy atom. The van der Waals surface area contributed by atoms with Crippen LogP contribution in [-0.4, -0.2) is 37.0 Å². The van der Waals surface area contributed by atoms with Crippen LogP contribution < -0.4 is 4.90 Å². The smallest absolute Gasteiger partial charge is 0.254 e. The van der Waals surface area contributed by atoms with E-state index in [1.54, 1.807) is 4.90 Å². The number of piperazine rings is 1. The van der Waals surface area contributed by atoms with E-state index in [0.717, 1.165) is 22.3 Å². The van der Waals surface area contributed by atoms with E-state index in [4.69, 9.17) is 0 Å².